The van der Waals surface area contributed by atoms with Gasteiger partial charge in [0.15, 0.2) is 0 Å². The fourth-order valence-electron chi connectivity index (χ4n) is 2.49. The molecule has 3 heteroatoms. The van der Waals surface area contributed by atoms with Gasteiger partial charge in [-0.15, -0.1) is 11.3 Å². The second kappa shape index (κ2) is 7.23. The first-order valence-electron chi connectivity index (χ1n) is 7.12. The highest BCUT2D eigenvalue weighted by atomic mass is 32.1. The van der Waals surface area contributed by atoms with Crippen LogP contribution >= 0.6 is 11.3 Å². The molecule has 0 N–H and O–H groups in total. The van der Waals surface area contributed by atoms with Crippen LogP contribution in [-0.4, -0.2) is 11.4 Å². The molecule has 0 bridgehead atoms. The molecule has 0 amide bonds. The Morgan fingerprint density at radius 1 is 1.20 bits per heavy atom. The van der Waals surface area contributed by atoms with Crippen molar-refractivity contribution in [2.24, 2.45) is 0 Å². The van der Waals surface area contributed by atoms with Crippen molar-refractivity contribution in [3.63, 3.8) is 0 Å². The van der Waals surface area contributed by atoms with Gasteiger partial charge in [0, 0.05) is 18.0 Å². The van der Waals surface area contributed by atoms with Gasteiger partial charge in [-0.1, -0.05) is 44.2 Å². The van der Waals surface area contributed by atoms with Crippen LogP contribution in [0.25, 0.3) is 0 Å². The van der Waals surface area contributed by atoms with Crippen LogP contribution in [0.1, 0.15) is 35.9 Å². The monoisotopic (exact) mass is 284 g/mol. The molecule has 0 spiro atoms. The molecule has 0 fully saturated rings. The molecule has 2 nitrogen and oxygen atoms in total. The van der Waals surface area contributed by atoms with Crippen LogP contribution in [0.2, 0.25) is 0 Å². The van der Waals surface area contributed by atoms with E-state index >= 15 is 0 Å². The lowest BCUT2D eigenvalue weighted by molar-refractivity contribution is 0.218. The molecule has 2 aromatic rings. The standard InChI is InChI=1S/C15H14N2S.C2H6/c16-10-14(12-4-2-1-3-5-12)17-8-6-15-13(11-17)7-9-18-15;1-2/h1-5,7,9,14H,6,8,11H2;1-2H3. The van der Waals surface area contributed by atoms with E-state index in [1.54, 1.807) is 0 Å². The number of benzene rings is 1. The molecule has 0 radical (unpaired) electrons. The van der Waals surface area contributed by atoms with Gasteiger partial charge in [0.25, 0.3) is 0 Å². The largest absolute Gasteiger partial charge is 0.280 e. The summed E-state index contributed by atoms with van der Waals surface area (Å²) in [4.78, 5) is 3.75. The SMILES string of the molecule is CC.N#CC(c1ccccc1)N1CCc2sccc2C1. The van der Waals surface area contributed by atoms with Gasteiger partial charge in [0.1, 0.15) is 6.04 Å². The third-order valence-corrected chi connectivity index (χ3v) is 4.46. The molecule has 2 heterocycles. The fraction of sp³-hybridized carbons (Fsp3) is 0.353. The lowest BCUT2D eigenvalue weighted by Crippen LogP contribution is -2.32. The molecule has 1 aliphatic rings. The van der Waals surface area contributed by atoms with Crippen LogP contribution < -0.4 is 0 Å². The molecule has 1 unspecified atom stereocenters. The average molecular weight is 284 g/mol. The van der Waals surface area contributed by atoms with Gasteiger partial charge in [0.2, 0.25) is 0 Å². The van der Waals surface area contributed by atoms with Gasteiger partial charge in [-0.3, -0.25) is 4.90 Å². The van der Waals surface area contributed by atoms with E-state index in [9.17, 15) is 5.26 Å². The van der Waals surface area contributed by atoms with E-state index in [1.807, 2.05) is 55.5 Å². The van der Waals surface area contributed by atoms with Gasteiger partial charge in [-0.25, -0.2) is 0 Å². The second-order valence-corrected chi connectivity index (χ2v) is 5.53. The van der Waals surface area contributed by atoms with E-state index in [0.717, 1.165) is 25.1 Å². The van der Waals surface area contributed by atoms with Crippen molar-refractivity contribution in [2.75, 3.05) is 6.54 Å². The summed E-state index contributed by atoms with van der Waals surface area (Å²) in [7, 11) is 0. The summed E-state index contributed by atoms with van der Waals surface area (Å²) in [6.45, 7) is 5.87. The van der Waals surface area contributed by atoms with Crippen molar-refractivity contribution < 1.29 is 0 Å². The maximum Gasteiger partial charge on any atom is 0.124 e. The lowest BCUT2D eigenvalue weighted by atomic mass is 10.0. The molecular formula is C17H20N2S. The van der Waals surface area contributed by atoms with E-state index < -0.39 is 0 Å². The van der Waals surface area contributed by atoms with Gasteiger partial charge in [-0.05, 0) is 29.0 Å². The maximum absolute atomic E-state index is 9.44. The molecule has 1 atom stereocenters. The summed E-state index contributed by atoms with van der Waals surface area (Å²) >= 11 is 1.83. The Bertz CT molecular complexity index is 568. The van der Waals surface area contributed by atoms with Crippen molar-refractivity contribution in [1.29, 1.82) is 5.26 Å². The van der Waals surface area contributed by atoms with E-state index in [4.69, 9.17) is 0 Å². The first kappa shape index (κ1) is 14.8. The first-order chi connectivity index (χ1) is 9.88. The molecule has 1 aromatic carbocycles. The second-order valence-electron chi connectivity index (χ2n) is 4.53. The summed E-state index contributed by atoms with van der Waals surface area (Å²) in [5.74, 6) is 0. The molecule has 0 aliphatic carbocycles. The van der Waals surface area contributed by atoms with Crippen LogP contribution in [0.15, 0.2) is 41.8 Å². The third-order valence-electron chi connectivity index (χ3n) is 3.44. The Kier molecular flexibility index (Phi) is 5.34. The molecule has 3 rings (SSSR count). The Morgan fingerprint density at radius 2 is 1.95 bits per heavy atom. The summed E-state index contributed by atoms with van der Waals surface area (Å²) in [6, 6.07) is 14.6. The van der Waals surface area contributed by atoms with Crippen molar-refractivity contribution in [3.05, 3.63) is 57.8 Å². The van der Waals surface area contributed by atoms with E-state index in [1.165, 1.54) is 10.4 Å². The van der Waals surface area contributed by atoms with Crippen molar-refractivity contribution in [3.8, 4) is 6.07 Å². The Morgan fingerprint density at radius 3 is 2.65 bits per heavy atom. The number of fused-ring (bicyclic) bond motifs is 1. The zero-order valence-electron chi connectivity index (χ0n) is 12.0. The first-order valence-corrected chi connectivity index (χ1v) is 8.00. The number of thiophene rings is 1. The molecule has 1 aliphatic heterocycles. The van der Waals surface area contributed by atoms with E-state index in [2.05, 4.69) is 22.4 Å². The molecule has 20 heavy (non-hydrogen) atoms. The molecule has 0 saturated heterocycles. The van der Waals surface area contributed by atoms with Crippen LogP contribution in [0, 0.1) is 11.3 Å². The topological polar surface area (TPSA) is 27.0 Å². The quantitative estimate of drug-likeness (QED) is 0.817. The van der Waals surface area contributed by atoms with Crippen molar-refractivity contribution >= 4 is 11.3 Å². The molecule has 104 valence electrons. The highest BCUT2D eigenvalue weighted by Gasteiger charge is 2.24. The smallest absolute Gasteiger partial charge is 0.124 e. The molecule has 1 aromatic heterocycles. The summed E-state index contributed by atoms with van der Waals surface area (Å²) in [6.07, 6.45) is 1.07. The summed E-state index contributed by atoms with van der Waals surface area (Å²) < 4.78 is 0. The number of nitrogens with zero attached hydrogens (tertiary/aromatic N) is 2. The normalized spacial score (nSPS) is 15.4. The number of nitriles is 1. The summed E-state index contributed by atoms with van der Waals surface area (Å²) in [5, 5.41) is 11.6. The predicted molar refractivity (Wildman–Crippen MR) is 84.6 cm³/mol. The van der Waals surface area contributed by atoms with E-state index in [-0.39, 0.29) is 6.04 Å². The lowest BCUT2D eigenvalue weighted by Gasteiger charge is -2.30. The minimum Gasteiger partial charge on any atom is -0.280 e. The summed E-state index contributed by atoms with van der Waals surface area (Å²) in [5.41, 5.74) is 2.49. The van der Waals surface area contributed by atoms with Crippen LogP contribution in [0.4, 0.5) is 0 Å². The van der Waals surface area contributed by atoms with Crippen LogP contribution in [-0.2, 0) is 13.0 Å². The van der Waals surface area contributed by atoms with Crippen molar-refractivity contribution in [2.45, 2.75) is 32.9 Å². The molecule has 0 saturated carbocycles. The van der Waals surface area contributed by atoms with Crippen LogP contribution in [0.5, 0.6) is 0 Å². The molecular weight excluding hydrogens is 264 g/mol. The highest BCUT2D eigenvalue weighted by molar-refractivity contribution is 7.10. The fourth-order valence-corrected chi connectivity index (χ4v) is 3.38. The zero-order valence-corrected chi connectivity index (χ0v) is 12.9. The van der Waals surface area contributed by atoms with Crippen LogP contribution in [0.3, 0.4) is 0 Å². The minimum absolute atomic E-state index is 0.126. The maximum atomic E-state index is 9.44. The van der Waals surface area contributed by atoms with Gasteiger partial charge in [-0.2, -0.15) is 5.26 Å². The van der Waals surface area contributed by atoms with Gasteiger partial charge < -0.3 is 0 Å². The number of rotatable bonds is 2. The van der Waals surface area contributed by atoms with Gasteiger partial charge in [0.05, 0.1) is 6.07 Å². The predicted octanol–water partition coefficient (Wildman–Crippen LogP) is 4.40. The average Bonchev–Trinajstić information content (AvgIpc) is 2.99. The third kappa shape index (κ3) is 3.09. The highest BCUT2D eigenvalue weighted by Crippen LogP contribution is 2.29. The Balaban J connectivity index is 0.000000704. The van der Waals surface area contributed by atoms with Gasteiger partial charge >= 0.3 is 0 Å². The Labute approximate surface area is 125 Å². The minimum atomic E-state index is -0.126. The van der Waals surface area contributed by atoms with E-state index in [0.29, 0.717) is 0 Å². The zero-order chi connectivity index (χ0) is 14.4. The Hall–Kier alpha value is -1.63. The van der Waals surface area contributed by atoms with Crippen molar-refractivity contribution in [1.82, 2.24) is 4.90 Å². The number of hydrogen-bond acceptors (Lipinski definition) is 3. The number of hydrogen-bond donors (Lipinski definition) is 0.